The van der Waals surface area contributed by atoms with Crippen LogP contribution in [0.15, 0.2) is 0 Å². The van der Waals surface area contributed by atoms with E-state index in [1.807, 2.05) is 0 Å². The van der Waals surface area contributed by atoms with Gasteiger partial charge in [0.05, 0.1) is 18.8 Å². The molecule has 6 fully saturated rings. The molecular formula is C29H44O6. The standard InChI is InChI=1S/C29H44O6/c1-15-8-9-29(33-14-15)16(2)26-23(35-29)11-21-19-7-6-18-10-22(31)24(34-17(3)30)13-27(18,4)20(19)12-25(32)28(21,26)5/h15-16,18-21,23-26,32H,6-14H2,1-5H3/t15-,16+,18+,19-,20+,21+,23+,24-,25-,26+,27+,28-,29-/m1/s1. The van der Waals surface area contributed by atoms with Gasteiger partial charge in [-0.05, 0) is 73.5 Å². The maximum Gasteiger partial charge on any atom is 0.303 e. The first-order valence-electron chi connectivity index (χ1n) is 14.2. The Labute approximate surface area is 209 Å². The minimum absolute atomic E-state index is 0.0760. The third kappa shape index (κ3) is 3.31. The van der Waals surface area contributed by atoms with E-state index in [9.17, 15) is 14.7 Å². The first-order chi connectivity index (χ1) is 16.5. The summed E-state index contributed by atoms with van der Waals surface area (Å²) in [7, 11) is 0. The highest BCUT2D eigenvalue weighted by Crippen LogP contribution is 2.71. The highest BCUT2D eigenvalue weighted by atomic mass is 16.7. The lowest BCUT2D eigenvalue weighted by Crippen LogP contribution is -2.60. The molecule has 0 bridgehead atoms. The average molecular weight is 489 g/mol. The van der Waals surface area contributed by atoms with Gasteiger partial charge < -0.3 is 19.3 Å². The van der Waals surface area contributed by atoms with Gasteiger partial charge in [0.1, 0.15) is 0 Å². The number of ether oxygens (including phenoxy) is 3. The summed E-state index contributed by atoms with van der Waals surface area (Å²) >= 11 is 0. The van der Waals surface area contributed by atoms with Gasteiger partial charge in [-0.3, -0.25) is 9.59 Å². The summed E-state index contributed by atoms with van der Waals surface area (Å²) in [6.07, 6.45) is 6.25. The lowest BCUT2D eigenvalue weighted by molar-refractivity contribution is -0.274. The summed E-state index contributed by atoms with van der Waals surface area (Å²) in [4.78, 5) is 24.5. The summed E-state index contributed by atoms with van der Waals surface area (Å²) in [6.45, 7) is 11.4. The van der Waals surface area contributed by atoms with Crippen molar-refractivity contribution in [3.05, 3.63) is 0 Å². The number of ketones is 1. The van der Waals surface area contributed by atoms with Crippen LogP contribution in [0.25, 0.3) is 0 Å². The zero-order valence-electron chi connectivity index (χ0n) is 22.1. The number of carbonyl (C=O) groups excluding carboxylic acids is 2. The maximum absolute atomic E-state index is 12.8. The Morgan fingerprint density at radius 3 is 2.57 bits per heavy atom. The molecule has 2 aliphatic heterocycles. The SMILES string of the molecule is CC(=O)O[C@@H]1C[C@@]2(C)[C@@H](CC[C@@H]3[C@@H]2C[C@@H](O)[C@]2(C)[C@@H]4[C@H](C[C@@H]32)O[C@]2(CC[C@@H](C)CO2)[C@H]4C)CC1=O. The van der Waals surface area contributed by atoms with E-state index in [4.69, 9.17) is 14.2 Å². The van der Waals surface area contributed by atoms with Gasteiger partial charge in [0.15, 0.2) is 17.7 Å². The minimum atomic E-state index is -0.630. The number of aliphatic hydroxyl groups excluding tert-OH is 1. The molecule has 4 aliphatic carbocycles. The van der Waals surface area contributed by atoms with E-state index in [0.717, 1.165) is 45.1 Å². The van der Waals surface area contributed by atoms with Crippen molar-refractivity contribution in [3.8, 4) is 0 Å². The largest absolute Gasteiger partial charge is 0.455 e. The number of hydrogen-bond acceptors (Lipinski definition) is 6. The molecule has 0 radical (unpaired) electrons. The van der Waals surface area contributed by atoms with Crippen molar-refractivity contribution in [2.45, 2.75) is 110 Å². The molecule has 2 saturated heterocycles. The molecule has 1 spiro atoms. The molecule has 4 saturated carbocycles. The lowest BCUT2D eigenvalue weighted by Gasteiger charge is -2.62. The van der Waals surface area contributed by atoms with Crippen molar-refractivity contribution >= 4 is 11.8 Å². The normalized spacial score (nSPS) is 57.3. The van der Waals surface area contributed by atoms with Crippen molar-refractivity contribution in [2.24, 2.45) is 52.3 Å². The predicted octanol–water partition coefficient (Wildman–Crippen LogP) is 4.51. The smallest absolute Gasteiger partial charge is 0.303 e. The van der Waals surface area contributed by atoms with E-state index in [-0.39, 0.29) is 34.6 Å². The Hall–Kier alpha value is -0.980. The molecule has 0 unspecified atom stereocenters. The number of hydrogen-bond donors (Lipinski definition) is 1. The zero-order chi connectivity index (χ0) is 24.9. The molecule has 196 valence electrons. The van der Waals surface area contributed by atoms with Crippen LogP contribution >= 0.6 is 0 Å². The quantitative estimate of drug-likeness (QED) is 0.547. The zero-order valence-corrected chi connectivity index (χ0v) is 22.1. The molecule has 0 aromatic heterocycles. The van der Waals surface area contributed by atoms with Crippen LogP contribution < -0.4 is 0 Å². The molecule has 35 heavy (non-hydrogen) atoms. The van der Waals surface area contributed by atoms with Crippen LogP contribution in [0, 0.1) is 52.3 Å². The second kappa shape index (κ2) is 8.01. The Balaban J connectivity index is 1.28. The van der Waals surface area contributed by atoms with Crippen LogP contribution in [0.3, 0.4) is 0 Å². The van der Waals surface area contributed by atoms with Gasteiger partial charge in [-0.25, -0.2) is 0 Å². The van der Waals surface area contributed by atoms with E-state index in [0.29, 0.717) is 48.3 Å². The van der Waals surface area contributed by atoms with Gasteiger partial charge in [-0.2, -0.15) is 0 Å². The summed E-state index contributed by atoms with van der Waals surface area (Å²) in [5, 5.41) is 11.9. The Kier molecular flexibility index (Phi) is 5.57. The van der Waals surface area contributed by atoms with Crippen molar-refractivity contribution < 1.29 is 28.9 Å². The number of aliphatic hydroxyl groups is 1. The number of esters is 1. The first kappa shape index (κ1) is 24.4. The van der Waals surface area contributed by atoms with Crippen molar-refractivity contribution in [1.29, 1.82) is 0 Å². The second-order valence-corrected chi connectivity index (χ2v) is 13.7. The third-order valence-corrected chi connectivity index (χ3v) is 12.2. The molecule has 6 rings (SSSR count). The van der Waals surface area contributed by atoms with Crippen LogP contribution in [-0.2, 0) is 23.8 Å². The van der Waals surface area contributed by atoms with Gasteiger partial charge in [0.25, 0.3) is 0 Å². The van der Waals surface area contributed by atoms with Crippen LogP contribution in [0.5, 0.6) is 0 Å². The Morgan fingerprint density at radius 1 is 1.11 bits per heavy atom. The fourth-order valence-corrected chi connectivity index (χ4v) is 10.3. The van der Waals surface area contributed by atoms with Crippen LogP contribution in [-0.4, -0.2) is 47.6 Å². The molecule has 0 aromatic rings. The van der Waals surface area contributed by atoms with Gasteiger partial charge in [0, 0.05) is 37.0 Å². The number of Topliss-reactive ketones (excluding diaryl/α,β-unsaturated/α-hetero) is 1. The van der Waals surface area contributed by atoms with Crippen molar-refractivity contribution in [3.63, 3.8) is 0 Å². The number of fused-ring (bicyclic) bond motifs is 7. The molecule has 6 aliphatic rings. The fraction of sp³-hybridized carbons (Fsp3) is 0.931. The number of rotatable bonds is 1. The summed E-state index contributed by atoms with van der Waals surface area (Å²) < 4.78 is 18.7. The summed E-state index contributed by atoms with van der Waals surface area (Å²) in [5.74, 6) is 1.97. The highest BCUT2D eigenvalue weighted by molar-refractivity contribution is 5.86. The topological polar surface area (TPSA) is 82.1 Å². The van der Waals surface area contributed by atoms with Gasteiger partial charge >= 0.3 is 5.97 Å². The Bertz CT molecular complexity index is 894. The monoisotopic (exact) mass is 488 g/mol. The molecule has 2 heterocycles. The van der Waals surface area contributed by atoms with E-state index in [1.165, 1.54) is 6.92 Å². The second-order valence-electron chi connectivity index (χ2n) is 13.7. The molecule has 13 atom stereocenters. The molecule has 6 nitrogen and oxygen atoms in total. The Morgan fingerprint density at radius 2 is 1.89 bits per heavy atom. The molecular weight excluding hydrogens is 444 g/mol. The van der Waals surface area contributed by atoms with Crippen LogP contribution in [0.2, 0.25) is 0 Å². The molecule has 6 heteroatoms. The minimum Gasteiger partial charge on any atom is -0.455 e. The van der Waals surface area contributed by atoms with E-state index in [1.54, 1.807) is 0 Å². The first-order valence-corrected chi connectivity index (χ1v) is 14.2. The average Bonchev–Trinajstić information content (AvgIpc) is 3.23. The summed E-state index contributed by atoms with van der Waals surface area (Å²) in [5.41, 5.74) is -0.266. The molecule has 0 amide bonds. The van der Waals surface area contributed by atoms with Gasteiger partial charge in [-0.15, -0.1) is 0 Å². The van der Waals surface area contributed by atoms with E-state index >= 15 is 0 Å². The summed E-state index contributed by atoms with van der Waals surface area (Å²) in [6, 6.07) is 0. The maximum atomic E-state index is 12.8. The van der Waals surface area contributed by atoms with Crippen molar-refractivity contribution in [1.82, 2.24) is 0 Å². The molecule has 1 N–H and O–H groups in total. The highest BCUT2D eigenvalue weighted by Gasteiger charge is 2.71. The van der Waals surface area contributed by atoms with E-state index < -0.39 is 18.0 Å². The van der Waals surface area contributed by atoms with Crippen molar-refractivity contribution in [2.75, 3.05) is 6.61 Å². The predicted molar refractivity (Wildman–Crippen MR) is 129 cm³/mol. The third-order valence-electron chi connectivity index (χ3n) is 12.2. The molecule has 0 aromatic carbocycles. The number of carbonyl (C=O) groups is 2. The van der Waals surface area contributed by atoms with Crippen LogP contribution in [0.1, 0.15) is 86.0 Å². The van der Waals surface area contributed by atoms with Crippen LogP contribution in [0.4, 0.5) is 0 Å². The van der Waals surface area contributed by atoms with Gasteiger partial charge in [0.2, 0.25) is 0 Å². The van der Waals surface area contributed by atoms with E-state index in [2.05, 4.69) is 27.7 Å². The van der Waals surface area contributed by atoms with Gasteiger partial charge in [-0.1, -0.05) is 27.7 Å². The fourth-order valence-electron chi connectivity index (χ4n) is 10.3. The lowest BCUT2D eigenvalue weighted by atomic mass is 9.43.